The van der Waals surface area contributed by atoms with Crippen LogP contribution in [0, 0.1) is 0 Å². The first-order valence-corrected chi connectivity index (χ1v) is 7.46. The van der Waals surface area contributed by atoms with Crippen molar-refractivity contribution in [2.45, 2.75) is 44.7 Å². The summed E-state index contributed by atoms with van der Waals surface area (Å²) < 4.78 is 0. The third-order valence-electron chi connectivity index (χ3n) is 3.63. The van der Waals surface area contributed by atoms with Gasteiger partial charge in [-0.1, -0.05) is 6.92 Å². The van der Waals surface area contributed by atoms with E-state index in [-0.39, 0.29) is 24.5 Å². The molecule has 1 aliphatic carbocycles. The summed E-state index contributed by atoms with van der Waals surface area (Å²) in [6.07, 6.45) is 3.42. The number of rotatable bonds is 7. The van der Waals surface area contributed by atoms with Gasteiger partial charge >= 0.3 is 0 Å². The second kappa shape index (κ2) is 7.22. The summed E-state index contributed by atoms with van der Waals surface area (Å²) in [4.78, 5) is 23.9. The summed E-state index contributed by atoms with van der Waals surface area (Å²) in [5, 5.41) is 14.7. The van der Waals surface area contributed by atoms with Crippen molar-refractivity contribution < 1.29 is 14.7 Å². The Morgan fingerprint density at radius 3 is 2.24 bits per heavy atom. The summed E-state index contributed by atoms with van der Waals surface area (Å²) in [7, 11) is 0. The molecule has 1 fully saturated rings. The van der Waals surface area contributed by atoms with Crippen molar-refractivity contribution in [1.82, 2.24) is 10.6 Å². The summed E-state index contributed by atoms with van der Waals surface area (Å²) in [5.74, 6) is -0.263. The Bertz CT molecular complexity index is 495. The van der Waals surface area contributed by atoms with Gasteiger partial charge < -0.3 is 15.7 Å². The molecule has 0 aliphatic heterocycles. The molecule has 3 N–H and O–H groups in total. The van der Waals surface area contributed by atoms with Gasteiger partial charge in [-0.05, 0) is 49.9 Å². The van der Waals surface area contributed by atoms with Crippen molar-refractivity contribution in [3.63, 3.8) is 0 Å². The maximum atomic E-state index is 12.1. The van der Waals surface area contributed by atoms with Crippen LogP contribution in [0.4, 0.5) is 0 Å². The molecule has 1 aromatic carbocycles. The zero-order valence-corrected chi connectivity index (χ0v) is 12.3. The van der Waals surface area contributed by atoms with Crippen LogP contribution in [0.2, 0.25) is 0 Å². The van der Waals surface area contributed by atoms with Crippen LogP contribution in [0.1, 0.15) is 53.3 Å². The fourth-order valence-electron chi connectivity index (χ4n) is 2.07. The van der Waals surface area contributed by atoms with Crippen molar-refractivity contribution in [1.29, 1.82) is 0 Å². The molecule has 0 saturated heterocycles. The van der Waals surface area contributed by atoms with Gasteiger partial charge in [-0.15, -0.1) is 0 Å². The Morgan fingerprint density at radius 2 is 1.76 bits per heavy atom. The number of aliphatic hydroxyl groups is 1. The third kappa shape index (κ3) is 4.56. The van der Waals surface area contributed by atoms with E-state index in [9.17, 15) is 9.59 Å². The zero-order valence-electron chi connectivity index (χ0n) is 12.3. The van der Waals surface area contributed by atoms with Crippen LogP contribution < -0.4 is 10.6 Å². The number of hydrogen-bond donors (Lipinski definition) is 3. The molecule has 1 unspecified atom stereocenters. The standard InChI is InChI=1S/C16H22N2O3/c1-2-13(9-10-19)17-15(20)11-3-5-12(6-4-11)16(21)18-14-7-8-14/h3-6,13-14,19H,2,7-10H2,1H3,(H,17,20)(H,18,21). The highest BCUT2D eigenvalue weighted by Gasteiger charge is 2.23. The molecule has 2 amide bonds. The molecule has 1 atom stereocenters. The molecule has 5 nitrogen and oxygen atoms in total. The van der Waals surface area contributed by atoms with Crippen molar-refractivity contribution in [2.24, 2.45) is 0 Å². The van der Waals surface area contributed by atoms with Crippen molar-refractivity contribution in [2.75, 3.05) is 6.61 Å². The summed E-state index contributed by atoms with van der Waals surface area (Å²) >= 11 is 0. The van der Waals surface area contributed by atoms with E-state index in [1.165, 1.54) is 0 Å². The van der Waals surface area contributed by atoms with Crippen LogP contribution in [0.5, 0.6) is 0 Å². The molecule has 21 heavy (non-hydrogen) atoms. The monoisotopic (exact) mass is 290 g/mol. The van der Waals surface area contributed by atoms with Gasteiger partial charge in [-0.2, -0.15) is 0 Å². The zero-order chi connectivity index (χ0) is 15.2. The molecule has 0 spiro atoms. The highest BCUT2D eigenvalue weighted by Crippen LogP contribution is 2.19. The Hall–Kier alpha value is -1.88. The molecule has 1 aliphatic rings. The largest absolute Gasteiger partial charge is 0.396 e. The number of hydrogen-bond acceptors (Lipinski definition) is 3. The first kappa shape index (κ1) is 15.5. The van der Waals surface area contributed by atoms with Gasteiger partial charge in [-0.3, -0.25) is 9.59 Å². The van der Waals surface area contributed by atoms with E-state index in [2.05, 4.69) is 10.6 Å². The van der Waals surface area contributed by atoms with Crippen molar-refractivity contribution in [3.8, 4) is 0 Å². The number of nitrogens with one attached hydrogen (secondary N) is 2. The molecule has 114 valence electrons. The average Bonchev–Trinajstić information content (AvgIpc) is 3.30. The van der Waals surface area contributed by atoms with E-state index in [0.29, 0.717) is 23.6 Å². The van der Waals surface area contributed by atoms with Crippen LogP contribution in [0.3, 0.4) is 0 Å². The lowest BCUT2D eigenvalue weighted by molar-refractivity contribution is 0.0923. The van der Waals surface area contributed by atoms with Crippen molar-refractivity contribution >= 4 is 11.8 Å². The quantitative estimate of drug-likeness (QED) is 0.711. The normalized spacial score (nSPS) is 15.3. The summed E-state index contributed by atoms with van der Waals surface area (Å²) in [5.41, 5.74) is 1.09. The van der Waals surface area contributed by atoms with Crippen LogP contribution in [0.25, 0.3) is 0 Å². The van der Waals surface area contributed by atoms with E-state index < -0.39 is 0 Å². The summed E-state index contributed by atoms with van der Waals surface area (Å²) in [6, 6.07) is 6.94. The Balaban J connectivity index is 1.93. The molecule has 0 aromatic heterocycles. The topological polar surface area (TPSA) is 78.4 Å². The van der Waals surface area contributed by atoms with Gasteiger partial charge in [-0.25, -0.2) is 0 Å². The van der Waals surface area contributed by atoms with Gasteiger partial charge in [0.15, 0.2) is 0 Å². The molecular weight excluding hydrogens is 268 g/mol. The lowest BCUT2D eigenvalue weighted by atomic mass is 10.1. The fourth-order valence-corrected chi connectivity index (χ4v) is 2.07. The SMILES string of the molecule is CCC(CCO)NC(=O)c1ccc(C(=O)NC2CC2)cc1. The maximum Gasteiger partial charge on any atom is 0.251 e. The van der Waals surface area contributed by atoms with E-state index in [1.54, 1.807) is 24.3 Å². The Labute approximate surface area is 124 Å². The molecular formula is C16H22N2O3. The van der Waals surface area contributed by atoms with E-state index in [4.69, 9.17) is 5.11 Å². The molecule has 0 radical (unpaired) electrons. The van der Waals surface area contributed by atoms with Crippen LogP contribution in [-0.4, -0.2) is 35.6 Å². The number of aliphatic hydroxyl groups excluding tert-OH is 1. The van der Waals surface area contributed by atoms with E-state index >= 15 is 0 Å². The molecule has 0 bridgehead atoms. The number of benzene rings is 1. The van der Waals surface area contributed by atoms with Gasteiger partial charge in [0.25, 0.3) is 11.8 Å². The minimum absolute atomic E-state index is 0.0275. The van der Waals surface area contributed by atoms with Gasteiger partial charge in [0.05, 0.1) is 0 Å². The van der Waals surface area contributed by atoms with Gasteiger partial charge in [0, 0.05) is 29.8 Å². The minimum Gasteiger partial charge on any atom is -0.396 e. The summed E-state index contributed by atoms with van der Waals surface area (Å²) in [6.45, 7) is 2.02. The van der Waals surface area contributed by atoms with Crippen molar-refractivity contribution in [3.05, 3.63) is 35.4 Å². The molecule has 5 heteroatoms. The number of carbonyl (C=O) groups excluding carboxylic acids is 2. The Morgan fingerprint density at radius 1 is 1.19 bits per heavy atom. The van der Waals surface area contributed by atoms with E-state index in [1.807, 2.05) is 6.92 Å². The number of amides is 2. The van der Waals surface area contributed by atoms with Crippen LogP contribution >= 0.6 is 0 Å². The molecule has 1 saturated carbocycles. The van der Waals surface area contributed by atoms with Crippen LogP contribution in [0.15, 0.2) is 24.3 Å². The van der Waals surface area contributed by atoms with Gasteiger partial charge in [0.2, 0.25) is 0 Å². The Kier molecular flexibility index (Phi) is 5.33. The number of carbonyl (C=O) groups is 2. The predicted octanol–water partition coefficient (Wildman–Crippen LogP) is 1.47. The molecule has 1 aromatic rings. The fraction of sp³-hybridized carbons (Fsp3) is 0.500. The lowest BCUT2D eigenvalue weighted by Crippen LogP contribution is -2.35. The van der Waals surface area contributed by atoms with Crippen LogP contribution in [-0.2, 0) is 0 Å². The van der Waals surface area contributed by atoms with E-state index in [0.717, 1.165) is 19.3 Å². The maximum absolute atomic E-state index is 12.1. The third-order valence-corrected chi connectivity index (χ3v) is 3.63. The predicted molar refractivity (Wildman–Crippen MR) is 80.2 cm³/mol. The second-order valence-electron chi connectivity index (χ2n) is 5.42. The smallest absolute Gasteiger partial charge is 0.251 e. The first-order valence-electron chi connectivity index (χ1n) is 7.46. The molecule has 0 heterocycles. The molecule has 2 rings (SSSR count). The first-order chi connectivity index (χ1) is 10.1. The average molecular weight is 290 g/mol. The second-order valence-corrected chi connectivity index (χ2v) is 5.42. The minimum atomic E-state index is -0.176. The highest BCUT2D eigenvalue weighted by molar-refractivity contribution is 5.98. The van der Waals surface area contributed by atoms with Gasteiger partial charge in [0.1, 0.15) is 0 Å². The highest BCUT2D eigenvalue weighted by atomic mass is 16.3. The lowest BCUT2D eigenvalue weighted by Gasteiger charge is -2.15.